The summed E-state index contributed by atoms with van der Waals surface area (Å²) in [5, 5.41) is 3.98. The fraction of sp³-hybridized carbons (Fsp3) is 0.368. The van der Waals surface area contributed by atoms with Gasteiger partial charge in [0.2, 0.25) is 5.91 Å². The van der Waals surface area contributed by atoms with Gasteiger partial charge in [-0.3, -0.25) is 9.69 Å². The second-order valence-corrected chi connectivity index (χ2v) is 7.33. The van der Waals surface area contributed by atoms with Gasteiger partial charge < -0.3 is 5.32 Å². The van der Waals surface area contributed by atoms with E-state index in [0.29, 0.717) is 6.54 Å². The molecule has 0 unspecified atom stereocenters. The summed E-state index contributed by atoms with van der Waals surface area (Å²) in [6.07, 6.45) is 5.29. The zero-order chi connectivity index (χ0) is 16.9. The van der Waals surface area contributed by atoms with Crippen LogP contribution in [0.1, 0.15) is 23.8 Å². The largest absolute Gasteiger partial charge is 0.353 e. The molecule has 126 valence electrons. The van der Waals surface area contributed by atoms with E-state index in [1.807, 2.05) is 6.20 Å². The smallest absolute Gasteiger partial charge is 0.217 e. The molecule has 0 saturated heterocycles. The van der Waals surface area contributed by atoms with Crippen molar-refractivity contribution in [1.82, 2.24) is 15.2 Å². The number of rotatable bonds is 5. The van der Waals surface area contributed by atoms with Gasteiger partial charge in [-0.15, -0.1) is 11.3 Å². The van der Waals surface area contributed by atoms with Crippen molar-refractivity contribution < 1.29 is 4.79 Å². The van der Waals surface area contributed by atoms with Gasteiger partial charge in [0.05, 0.1) is 0 Å². The van der Waals surface area contributed by atoms with Gasteiger partial charge in [0.25, 0.3) is 0 Å². The normalized spacial score (nSPS) is 15.2. The molecule has 1 aliphatic heterocycles. The number of hydrogen-bond donors (Lipinski definition) is 1. The van der Waals surface area contributed by atoms with Gasteiger partial charge in [-0.25, -0.2) is 4.98 Å². The predicted molar refractivity (Wildman–Crippen MR) is 98.9 cm³/mol. The Labute approximate surface area is 147 Å². The highest BCUT2D eigenvalue weighted by Gasteiger charge is 2.15. The Balaban J connectivity index is 1.62. The summed E-state index contributed by atoms with van der Waals surface area (Å²) in [6.45, 7) is 7.23. The van der Waals surface area contributed by atoms with Crippen LogP contribution in [-0.4, -0.2) is 35.4 Å². The van der Waals surface area contributed by atoms with E-state index in [0.717, 1.165) is 31.1 Å². The molecular formula is C19H23N3OS. The minimum Gasteiger partial charge on any atom is -0.353 e. The summed E-state index contributed by atoms with van der Waals surface area (Å²) < 4.78 is 0. The number of aromatic nitrogens is 1. The van der Waals surface area contributed by atoms with Crippen LogP contribution < -0.4 is 5.32 Å². The Bertz CT molecular complexity index is 751. The number of benzene rings is 1. The molecule has 0 saturated carbocycles. The van der Waals surface area contributed by atoms with Gasteiger partial charge >= 0.3 is 0 Å². The molecule has 1 amide bonds. The molecule has 3 rings (SSSR count). The van der Waals surface area contributed by atoms with E-state index in [9.17, 15) is 4.79 Å². The van der Waals surface area contributed by atoms with E-state index in [1.54, 1.807) is 18.3 Å². The van der Waals surface area contributed by atoms with Crippen molar-refractivity contribution in [1.29, 1.82) is 0 Å². The molecule has 24 heavy (non-hydrogen) atoms. The van der Waals surface area contributed by atoms with Crippen LogP contribution in [0, 0.1) is 6.92 Å². The van der Waals surface area contributed by atoms with Crippen LogP contribution in [-0.2, 0) is 11.3 Å². The van der Waals surface area contributed by atoms with Crippen LogP contribution in [0.5, 0.6) is 0 Å². The summed E-state index contributed by atoms with van der Waals surface area (Å²) in [5.41, 5.74) is 3.77. The molecule has 0 spiro atoms. The first-order chi connectivity index (χ1) is 11.6. The molecule has 2 heterocycles. The average molecular weight is 341 g/mol. The monoisotopic (exact) mass is 341 g/mol. The van der Waals surface area contributed by atoms with Crippen molar-refractivity contribution in [2.45, 2.75) is 26.8 Å². The van der Waals surface area contributed by atoms with E-state index in [-0.39, 0.29) is 5.91 Å². The standard InChI is InChI=1S/C19H23N3OS/c1-14-6-3-4-8-18(14)19-21-11-17(24-19)13-22-9-5-7-16(12-22)10-20-15(2)23/h3-4,6-8,11H,5,9-10,12-13H2,1-2H3,(H,20,23). The fourth-order valence-corrected chi connectivity index (χ4v) is 3.97. The highest BCUT2D eigenvalue weighted by molar-refractivity contribution is 7.15. The number of nitrogens with zero attached hydrogens (tertiary/aromatic N) is 2. The minimum atomic E-state index is 0.0263. The number of amides is 1. The maximum Gasteiger partial charge on any atom is 0.217 e. The molecule has 1 N–H and O–H groups in total. The maximum atomic E-state index is 11.1. The number of carbonyl (C=O) groups is 1. The van der Waals surface area contributed by atoms with E-state index in [2.05, 4.69) is 52.5 Å². The Morgan fingerprint density at radius 2 is 2.21 bits per heavy atom. The zero-order valence-corrected chi connectivity index (χ0v) is 15.0. The van der Waals surface area contributed by atoms with Crippen LogP contribution in [0.2, 0.25) is 0 Å². The molecule has 0 bridgehead atoms. The lowest BCUT2D eigenvalue weighted by Crippen LogP contribution is -2.33. The zero-order valence-electron chi connectivity index (χ0n) is 14.2. The summed E-state index contributed by atoms with van der Waals surface area (Å²) in [4.78, 5) is 19.4. The van der Waals surface area contributed by atoms with Crippen molar-refractivity contribution in [3.63, 3.8) is 0 Å². The Kier molecular flexibility index (Phi) is 5.43. The number of thiazole rings is 1. The highest BCUT2D eigenvalue weighted by atomic mass is 32.1. The van der Waals surface area contributed by atoms with Crippen LogP contribution >= 0.6 is 11.3 Å². The summed E-state index contributed by atoms with van der Waals surface area (Å²) in [5.74, 6) is 0.0263. The molecule has 0 radical (unpaired) electrons. The summed E-state index contributed by atoms with van der Waals surface area (Å²) in [7, 11) is 0. The molecule has 0 fully saturated rings. The quantitative estimate of drug-likeness (QED) is 0.848. The average Bonchev–Trinajstić information content (AvgIpc) is 3.02. The topological polar surface area (TPSA) is 45.2 Å². The van der Waals surface area contributed by atoms with Crippen molar-refractivity contribution in [3.05, 3.63) is 52.6 Å². The molecule has 4 nitrogen and oxygen atoms in total. The minimum absolute atomic E-state index is 0.0263. The van der Waals surface area contributed by atoms with Gasteiger partial charge in [0.15, 0.2) is 0 Å². The Morgan fingerprint density at radius 1 is 1.38 bits per heavy atom. The molecule has 1 aliphatic rings. The number of nitrogens with one attached hydrogen (secondary N) is 1. The maximum absolute atomic E-state index is 11.1. The second kappa shape index (κ2) is 7.73. The third-order valence-electron chi connectivity index (χ3n) is 4.18. The van der Waals surface area contributed by atoms with E-state index in [1.165, 1.54) is 21.6 Å². The SMILES string of the molecule is CC(=O)NCC1=CCCN(Cc2cnc(-c3ccccc3C)s2)C1. The Morgan fingerprint density at radius 3 is 3.00 bits per heavy atom. The Hall–Kier alpha value is -1.98. The van der Waals surface area contributed by atoms with E-state index >= 15 is 0 Å². The van der Waals surface area contributed by atoms with Crippen molar-refractivity contribution in [2.75, 3.05) is 19.6 Å². The van der Waals surface area contributed by atoms with Crippen LogP contribution in [0.3, 0.4) is 0 Å². The van der Waals surface area contributed by atoms with Crippen LogP contribution in [0.4, 0.5) is 0 Å². The molecule has 2 aromatic rings. The van der Waals surface area contributed by atoms with Crippen molar-refractivity contribution in [2.24, 2.45) is 0 Å². The van der Waals surface area contributed by atoms with Gasteiger partial charge in [0, 0.05) is 49.7 Å². The van der Waals surface area contributed by atoms with Gasteiger partial charge in [-0.2, -0.15) is 0 Å². The van der Waals surface area contributed by atoms with E-state index in [4.69, 9.17) is 0 Å². The molecule has 1 aromatic heterocycles. The van der Waals surface area contributed by atoms with Crippen molar-refractivity contribution >= 4 is 17.2 Å². The first-order valence-corrected chi connectivity index (χ1v) is 9.09. The summed E-state index contributed by atoms with van der Waals surface area (Å²) >= 11 is 1.77. The molecule has 0 aliphatic carbocycles. The lowest BCUT2D eigenvalue weighted by molar-refractivity contribution is -0.118. The first-order valence-electron chi connectivity index (χ1n) is 8.27. The van der Waals surface area contributed by atoms with Gasteiger partial charge in [-0.1, -0.05) is 30.3 Å². The highest BCUT2D eigenvalue weighted by Crippen LogP contribution is 2.28. The first kappa shape index (κ1) is 16.9. The molecular weight excluding hydrogens is 318 g/mol. The van der Waals surface area contributed by atoms with Crippen LogP contribution in [0.15, 0.2) is 42.1 Å². The number of hydrogen-bond acceptors (Lipinski definition) is 4. The van der Waals surface area contributed by atoms with E-state index < -0.39 is 0 Å². The molecule has 1 aromatic carbocycles. The van der Waals surface area contributed by atoms with Gasteiger partial charge in [0.1, 0.15) is 5.01 Å². The lowest BCUT2D eigenvalue weighted by atomic mass is 10.1. The third kappa shape index (κ3) is 4.30. The molecule has 5 heteroatoms. The predicted octanol–water partition coefficient (Wildman–Crippen LogP) is 3.39. The summed E-state index contributed by atoms with van der Waals surface area (Å²) in [6, 6.07) is 8.38. The fourth-order valence-electron chi connectivity index (χ4n) is 2.92. The molecule has 0 atom stereocenters. The van der Waals surface area contributed by atoms with Crippen LogP contribution in [0.25, 0.3) is 10.6 Å². The second-order valence-electron chi connectivity index (χ2n) is 6.22. The lowest BCUT2D eigenvalue weighted by Gasteiger charge is -2.26. The van der Waals surface area contributed by atoms with Crippen molar-refractivity contribution in [3.8, 4) is 10.6 Å². The third-order valence-corrected chi connectivity index (χ3v) is 5.19. The van der Waals surface area contributed by atoms with Gasteiger partial charge in [-0.05, 0) is 24.5 Å². The number of aryl methyl sites for hydroxylation is 1. The number of carbonyl (C=O) groups excluding carboxylic acids is 1.